The summed E-state index contributed by atoms with van der Waals surface area (Å²) in [6.45, 7) is 0. The molecular formula is C6H7F5OSi3. The average molecular weight is 274 g/mol. The Labute approximate surface area is 88.5 Å². The molecule has 1 aromatic carbocycles. The van der Waals surface area contributed by atoms with Gasteiger partial charge in [0, 0.05) is 13.7 Å². The number of benzene rings is 1. The highest BCUT2D eigenvalue weighted by atomic mass is 29.5. The lowest BCUT2D eigenvalue weighted by Gasteiger charge is -2.10. The second-order valence-corrected chi connectivity index (χ2v) is 17.5. The van der Waals surface area contributed by atoms with Crippen LogP contribution in [-0.4, -0.2) is 31.7 Å². The van der Waals surface area contributed by atoms with Gasteiger partial charge >= 0.3 is 0 Å². The van der Waals surface area contributed by atoms with Crippen LogP contribution in [-0.2, 0) is 0 Å². The molecule has 0 aliphatic heterocycles. The molecule has 15 heavy (non-hydrogen) atoms. The fourth-order valence-corrected chi connectivity index (χ4v) is 8.34. The molecule has 0 heterocycles. The predicted octanol–water partition coefficient (Wildman–Crippen LogP) is -1.75. The summed E-state index contributed by atoms with van der Waals surface area (Å²) in [7, 11) is -3.36. The van der Waals surface area contributed by atoms with Crippen LogP contribution in [0.5, 0.6) is 0 Å². The molecule has 0 bridgehead atoms. The molecule has 0 aliphatic rings. The van der Waals surface area contributed by atoms with E-state index < -0.39 is 51.4 Å². The van der Waals surface area contributed by atoms with E-state index in [0.29, 0.717) is 9.76 Å². The van der Waals surface area contributed by atoms with Crippen molar-refractivity contribution in [3.05, 3.63) is 29.1 Å². The Morgan fingerprint density at radius 3 is 1.53 bits per heavy atom. The standard InChI is InChI=1S/C6H7F5OSi3/c7-1-2(8)4(10)6(15(12)14-13)5(11)3(1)9/h12,15H,14H2,13H3. The first-order valence-electron chi connectivity index (χ1n) is 4.11. The van der Waals surface area contributed by atoms with Crippen molar-refractivity contribution in [3.8, 4) is 0 Å². The van der Waals surface area contributed by atoms with Crippen molar-refractivity contribution in [1.29, 1.82) is 0 Å². The molecule has 1 unspecified atom stereocenters. The maximum atomic E-state index is 13.0. The third-order valence-electron chi connectivity index (χ3n) is 1.96. The Morgan fingerprint density at radius 2 is 1.20 bits per heavy atom. The second-order valence-electron chi connectivity index (χ2n) is 2.91. The van der Waals surface area contributed by atoms with E-state index in [0.717, 1.165) is 0 Å². The molecule has 0 saturated heterocycles. The molecule has 1 aromatic rings. The molecule has 0 aromatic heterocycles. The van der Waals surface area contributed by atoms with Crippen molar-refractivity contribution in [2.45, 2.75) is 0 Å². The SMILES string of the molecule is O[SiH]([SiH2][SiH3])c1c(F)c(F)c(F)c(F)c1F. The largest absolute Gasteiger partial charge is 0.434 e. The maximum Gasteiger partial charge on any atom is 0.200 e. The van der Waals surface area contributed by atoms with Gasteiger partial charge in [-0.1, -0.05) is 0 Å². The van der Waals surface area contributed by atoms with E-state index in [2.05, 4.69) is 0 Å². The first-order valence-corrected chi connectivity index (χ1v) is 14.1. The molecule has 9 heteroatoms. The van der Waals surface area contributed by atoms with Crippen LogP contribution in [0.2, 0.25) is 0 Å². The Hall–Kier alpha value is -0.519. The van der Waals surface area contributed by atoms with E-state index in [4.69, 9.17) is 0 Å². The Bertz CT molecular complexity index is 370. The fourth-order valence-electron chi connectivity index (χ4n) is 1.12. The van der Waals surface area contributed by atoms with E-state index >= 15 is 0 Å². The molecule has 1 rings (SSSR count). The highest BCUT2D eigenvalue weighted by Gasteiger charge is 2.29. The van der Waals surface area contributed by atoms with Crippen LogP contribution in [0.15, 0.2) is 0 Å². The Balaban J connectivity index is 3.52. The smallest absolute Gasteiger partial charge is 0.200 e. The topological polar surface area (TPSA) is 20.2 Å². The zero-order valence-electron chi connectivity index (χ0n) is 7.62. The Kier molecular flexibility index (Phi) is 3.81. The van der Waals surface area contributed by atoms with Crippen molar-refractivity contribution in [2.24, 2.45) is 0 Å². The third kappa shape index (κ3) is 2.04. The quantitative estimate of drug-likeness (QED) is 0.294. The van der Waals surface area contributed by atoms with Crippen LogP contribution in [0.4, 0.5) is 22.0 Å². The lowest BCUT2D eigenvalue weighted by molar-refractivity contribution is 0.382. The van der Waals surface area contributed by atoms with E-state index in [1.807, 2.05) is 0 Å². The summed E-state index contributed by atoms with van der Waals surface area (Å²) in [4.78, 5) is 9.33. The molecule has 0 aliphatic carbocycles. The molecule has 0 radical (unpaired) electrons. The van der Waals surface area contributed by atoms with Gasteiger partial charge in [0.1, 0.15) is 0 Å². The van der Waals surface area contributed by atoms with Crippen LogP contribution < -0.4 is 5.19 Å². The van der Waals surface area contributed by atoms with Crippen molar-refractivity contribution >= 4 is 32.1 Å². The van der Waals surface area contributed by atoms with Crippen molar-refractivity contribution in [1.82, 2.24) is 0 Å². The van der Waals surface area contributed by atoms with Gasteiger partial charge in [-0.15, -0.1) is 0 Å². The normalized spacial score (nSPS) is 14.0. The predicted molar refractivity (Wildman–Crippen MR) is 53.7 cm³/mol. The average Bonchev–Trinajstić information content (AvgIpc) is 2.23. The number of hydrogen-bond donors (Lipinski definition) is 1. The number of hydrogen-bond acceptors (Lipinski definition) is 1. The van der Waals surface area contributed by atoms with Crippen LogP contribution >= 0.6 is 0 Å². The first kappa shape index (κ1) is 12.5. The van der Waals surface area contributed by atoms with Crippen LogP contribution in [0.3, 0.4) is 0 Å². The lowest BCUT2D eigenvalue weighted by atomic mass is 10.3. The van der Waals surface area contributed by atoms with Gasteiger partial charge in [0.15, 0.2) is 31.8 Å². The number of rotatable bonds is 2. The van der Waals surface area contributed by atoms with Crippen molar-refractivity contribution in [3.63, 3.8) is 0 Å². The van der Waals surface area contributed by atoms with Crippen LogP contribution in [0, 0.1) is 29.1 Å². The van der Waals surface area contributed by atoms with Gasteiger partial charge in [-0.2, -0.15) is 0 Å². The molecule has 0 amide bonds. The van der Waals surface area contributed by atoms with E-state index in [1.165, 1.54) is 0 Å². The van der Waals surface area contributed by atoms with Crippen molar-refractivity contribution < 1.29 is 26.7 Å². The summed E-state index contributed by atoms with van der Waals surface area (Å²) in [6, 6.07) is 0. The zero-order chi connectivity index (χ0) is 11.7. The summed E-state index contributed by atoms with van der Waals surface area (Å²) in [6.07, 6.45) is 0. The molecular weight excluding hydrogens is 267 g/mol. The van der Waals surface area contributed by atoms with E-state index in [9.17, 15) is 26.7 Å². The third-order valence-corrected chi connectivity index (χ3v) is 14.4. The van der Waals surface area contributed by atoms with Crippen LogP contribution in [0.1, 0.15) is 0 Å². The summed E-state index contributed by atoms with van der Waals surface area (Å²) >= 11 is 0. The highest BCUT2D eigenvalue weighted by molar-refractivity contribution is 7.32. The van der Waals surface area contributed by atoms with Gasteiger partial charge in [-0.25, -0.2) is 22.0 Å². The minimum absolute atomic E-state index is 0.576. The summed E-state index contributed by atoms with van der Waals surface area (Å²) in [5, 5.41) is -0.951. The molecule has 0 fully saturated rings. The minimum Gasteiger partial charge on any atom is -0.434 e. The van der Waals surface area contributed by atoms with Gasteiger partial charge in [0.2, 0.25) is 5.82 Å². The van der Waals surface area contributed by atoms with Gasteiger partial charge in [-0.3, -0.25) is 0 Å². The minimum atomic E-state index is -2.89. The molecule has 0 saturated carbocycles. The first-order chi connectivity index (χ1) is 6.91. The van der Waals surface area contributed by atoms with E-state index in [-0.39, 0.29) is 0 Å². The van der Waals surface area contributed by atoms with Gasteiger partial charge < -0.3 is 4.80 Å². The second kappa shape index (κ2) is 4.55. The number of halogens is 5. The maximum absolute atomic E-state index is 13.0. The van der Waals surface area contributed by atoms with Crippen molar-refractivity contribution in [2.75, 3.05) is 0 Å². The van der Waals surface area contributed by atoms with Gasteiger partial charge in [0.05, 0.1) is 0 Å². The van der Waals surface area contributed by atoms with Crippen LogP contribution in [0.25, 0.3) is 0 Å². The molecule has 1 atom stereocenters. The molecule has 1 nitrogen and oxygen atoms in total. The monoisotopic (exact) mass is 274 g/mol. The van der Waals surface area contributed by atoms with Gasteiger partial charge in [0.25, 0.3) is 0 Å². The molecule has 1 N–H and O–H groups in total. The fraction of sp³-hybridized carbons (Fsp3) is 0. The summed E-state index contributed by atoms with van der Waals surface area (Å²) in [5.74, 6) is -9.85. The molecule has 0 spiro atoms. The highest BCUT2D eigenvalue weighted by Crippen LogP contribution is 2.16. The summed E-state index contributed by atoms with van der Waals surface area (Å²) < 4.78 is 64.0. The summed E-state index contributed by atoms with van der Waals surface area (Å²) in [5.41, 5.74) is 0. The van der Waals surface area contributed by atoms with E-state index in [1.54, 1.807) is 0 Å². The zero-order valence-corrected chi connectivity index (χ0v) is 12.2. The van der Waals surface area contributed by atoms with Gasteiger partial charge in [-0.05, 0) is 9.76 Å². The lowest BCUT2D eigenvalue weighted by Crippen LogP contribution is -2.43. The Morgan fingerprint density at radius 1 is 0.867 bits per heavy atom. The molecule has 84 valence electrons.